The van der Waals surface area contributed by atoms with E-state index in [0.717, 1.165) is 0 Å². The first-order chi connectivity index (χ1) is 12.4. The average Bonchev–Trinajstić information content (AvgIpc) is 3.02. The molecule has 1 saturated heterocycles. The van der Waals surface area contributed by atoms with Crippen LogP contribution in [0.4, 0.5) is 0 Å². The van der Waals surface area contributed by atoms with Crippen LogP contribution in [-0.4, -0.2) is 52.9 Å². The van der Waals surface area contributed by atoms with E-state index in [0.29, 0.717) is 53.8 Å². The van der Waals surface area contributed by atoms with Crippen molar-refractivity contribution in [1.29, 1.82) is 0 Å². The molecule has 0 atom stereocenters. The van der Waals surface area contributed by atoms with Gasteiger partial charge in [0.1, 0.15) is 5.56 Å². The van der Waals surface area contributed by atoms with Crippen LogP contribution in [0.3, 0.4) is 0 Å². The molecule has 0 radical (unpaired) electrons. The van der Waals surface area contributed by atoms with E-state index in [1.807, 2.05) is 13.8 Å². The molecule has 2 amide bonds. The minimum Gasteiger partial charge on any atom is -0.360 e. The summed E-state index contributed by atoms with van der Waals surface area (Å²) < 4.78 is 5.32. The van der Waals surface area contributed by atoms with Crippen molar-refractivity contribution in [3.63, 3.8) is 0 Å². The molecule has 3 rings (SSSR count). The van der Waals surface area contributed by atoms with Crippen molar-refractivity contribution in [3.8, 4) is 0 Å². The van der Waals surface area contributed by atoms with Gasteiger partial charge in [0, 0.05) is 42.7 Å². The Kier molecular flexibility index (Phi) is 5.32. The first kappa shape index (κ1) is 18.5. The fourth-order valence-corrected chi connectivity index (χ4v) is 3.31. The summed E-state index contributed by atoms with van der Waals surface area (Å²) in [7, 11) is 0. The fourth-order valence-electron chi connectivity index (χ4n) is 3.12. The lowest BCUT2D eigenvalue weighted by molar-refractivity contribution is 0.0533. The van der Waals surface area contributed by atoms with Gasteiger partial charge in [-0.1, -0.05) is 36.7 Å². The Morgan fingerprint density at radius 2 is 1.73 bits per heavy atom. The predicted octanol–water partition coefficient (Wildman–Crippen LogP) is 3.36. The van der Waals surface area contributed by atoms with Crippen molar-refractivity contribution in [2.45, 2.75) is 26.7 Å². The highest BCUT2D eigenvalue weighted by Gasteiger charge is 2.30. The van der Waals surface area contributed by atoms with Crippen LogP contribution in [0.25, 0.3) is 0 Å². The molecule has 0 saturated carbocycles. The lowest BCUT2D eigenvalue weighted by Gasteiger charge is -2.35. The quantitative estimate of drug-likeness (QED) is 0.825. The van der Waals surface area contributed by atoms with Gasteiger partial charge in [-0.15, -0.1) is 0 Å². The zero-order valence-corrected chi connectivity index (χ0v) is 15.9. The maximum atomic E-state index is 12.9. The maximum absolute atomic E-state index is 12.9. The van der Waals surface area contributed by atoms with Crippen molar-refractivity contribution < 1.29 is 14.1 Å². The normalized spacial score (nSPS) is 14.8. The fraction of sp³-hybridized carbons (Fsp3) is 0.421. The first-order valence-electron chi connectivity index (χ1n) is 8.68. The van der Waals surface area contributed by atoms with Gasteiger partial charge < -0.3 is 14.3 Å². The van der Waals surface area contributed by atoms with Crippen LogP contribution in [0.5, 0.6) is 0 Å². The highest BCUT2D eigenvalue weighted by Crippen LogP contribution is 2.24. The van der Waals surface area contributed by atoms with Crippen molar-refractivity contribution >= 4 is 23.4 Å². The van der Waals surface area contributed by atoms with Crippen molar-refractivity contribution in [2.24, 2.45) is 0 Å². The van der Waals surface area contributed by atoms with Gasteiger partial charge in [0.15, 0.2) is 5.76 Å². The van der Waals surface area contributed by atoms with Crippen molar-refractivity contribution in [1.82, 2.24) is 15.0 Å². The minimum absolute atomic E-state index is 0.0661. The molecule has 1 aliphatic rings. The number of carbonyl (C=O) groups excluding carboxylic acids is 2. The van der Waals surface area contributed by atoms with Crippen LogP contribution in [-0.2, 0) is 0 Å². The molecule has 0 spiro atoms. The van der Waals surface area contributed by atoms with E-state index in [1.165, 1.54) is 0 Å². The minimum atomic E-state index is -0.0812. The zero-order valence-electron chi connectivity index (χ0n) is 15.2. The van der Waals surface area contributed by atoms with Crippen LogP contribution in [0, 0.1) is 6.92 Å². The van der Waals surface area contributed by atoms with Gasteiger partial charge in [-0.3, -0.25) is 9.59 Å². The number of hydrogen-bond donors (Lipinski definition) is 0. The number of piperazine rings is 1. The SMILES string of the molecule is Cc1noc(C(C)C)c1C(=O)N1CCN(C(=O)c2cccc(Cl)c2)CC1. The van der Waals surface area contributed by atoms with E-state index in [1.54, 1.807) is 41.0 Å². The zero-order chi connectivity index (χ0) is 18.8. The Morgan fingerprint density at radius 3 is 2.31 bits per heavy atom. The number of rotatable bonds is 3. The van der Waals surface area contributed by atoms with E-state index in [9.17, 15) is 9.59 Å². The van der Waals surface area contributed by atoms with Crippen molar-refractivity contribution in [2.75, 3.05) is 26.2 Å². The first-order valence-corrected chi connectivity index (χ1v) is 9.06. The summed E-state index contributed by atoms with van der Waals surface area (Å²) in [5.41, 5.74) is 1.72. The molecule has 6 nitrogen and oxygen atoms in total. The second kappa shape index (κ2) is 7.50. The standard InChI is InChI=1S/C19H22ClN3O3/c1-12(2)17-16(13(3)21-26-17)19(25)23-9-7-22(8-10-23)18(24)14-5-4-6-15(20)11-14/h4-6,11-12H,7-10H2,1-3H3. The molecule has 0 N–H and O–H groups in total. The number of aryl methyl sites for hydroxylation is 1. The number of hydrogen-bond acceptors (Lipinski definition) is 4. The van der Waals surface area contributed by atoms with Gasteiger partial charge in [-0.05, 0) is 25.1 Å². The smallest absolute Gasteiger partial charge is 0.259 e. The molecule has 0 aliphatic carbocycles. The average molecular weight is 376 g/mol. The van der Waals surface area contributed by atoms with Gasteiger partial charge in [0.2, 0.25) is 0 Å². The number of amides is 2. The molecule has 0 unspecified atom stereocenters. The maximum Gasteiger partial charge on any atom is 0.259 e. The number of nitrogens with zero attached hydrogens (tertiary/aromatic N) is 3. The molecule has 1 aromatic heterocycles. The lowest BCUT2D eigenvalue weighted by Crippen LogP contribution is -2.50. The van der Waals surface area contributed by atoms with Crippen LogP contribution in [0.1, 0.15) is 51.9 Å². The number of halogens is 1. The molecular formula is C19H22ClN3O3. The van der Waals surface area contributed by atoms with E-state index in [4.69, 9.17) is 16.1 Å². The molecule has 1 aromatic carbocycles. The summed E-state index contributed by atoms with van der Waals surface area (Å²) in [6, 6.07) is 6.91. The molecule has 2 heterocycles. The van der Waals surface area contributed by atoms with Gasteiger partial charge in [-0.2, -0.15) is 0 Å². The van der Waals surface area contributed by atoms with E-state index in [2.05, 4.69) is 5.16 Å². The topological polar surface area (TPSA) is 66.7 Å². The molecule has 1 fully saturated rings. The Morgan fingerprint density at radius 1 is 1.12 bits per heavy atom. The van der Waals surface area contributed by atoms with Gasteiger partial charge >= 0.3 is 0 Å². The van der Waals surface area contributed by atoms with Gasteiger partial charge in [0.25, 0.3) is 11.8 Å². The summed E-state index contributed by atoms with van der Waals surface area (Å²) in [6.07, 6.45) is 0. The molecule has 138 valence electrons. The third-order valence-corrected chi connectivity index (χ3v) is 4.79. The van der Waals surface area contributed by atoms with Gasteiger partial charge in [0.05, 0.1) is 5.69 Å². The molecule has 7 heteroatoms. The van der Waals surface area contributed by atoms with Crippen LogP contribution in [0.15, 0.2) is 28.8 Å². The largest absolute Gasteiger partial charge is 0.360 e. The summed E-state index contributed by atoms with van der Waals surface area (Å²) >= 11 is 5.97. The number of aromatic nitrogens is 1. The monoisotopic (exact) mass is 375 g/mol. The summed E-state index contributed by atoms with van der Waals surface area (Å²) in [5, 5.41) is 4.48. The second-order valence-corrected chi connectivity index (χ2v) is 7.19. The highest BCUT2D eigenvalue weighted by atomic mass is 35.5. The summed E-state index contributed by atoms with van der Waals surface area (Å²) in [4.78, 5) is 29.0. The Bertz CT molecular complexity index is 823. The highest BCUT2D eigenvalue weighted by molar-refractivity contribution is 6.30. The molecular weight excluding hydrogens is 354 g/mol. The third-order valence-electron chi connectivity index (χ3n) is 4.55. The number of benzene rings is 1. The molecule has 26 heavy (non-hydrogen) atoms. The Balaban J connectivity index is 1.68. The summed E-state index contributed by atoms with van der Waals surface area (Å²) in [6.45, 7) is 7.65. The van der Waals surface area contributed by atoms with E-state index < -0.39 is 0 Å². The molecule has 1 aliphatic heterocycles. The van der Waals surface area contributed by atoms with E-state index >= 15 is 0 Å². The van der Waals surface area contributed by atoms with E-state index in [-0.39, 0.29) is 17.7 Å². The second-order valence-electron chi connectivity index (χ2n) is 6.76. The lowest BCUT2D eigenvalue weighted by atomic mass is 10.0. The molecule has 0 bridgehead atoms. The molecule has 2 aromatic rings. The van der Waals surface area contributed by atoms with Crippen LogP contribution in [0.2, 0.25) is 5.02 Å². The predicted molar refractivity (Wildman–Crippen MR) is 98.6 cm³/mol. The van der Waals surface area contributed by atoms with Crippen molar-refractivity contribution in [3.05, 3.63) is 51.9 Å². The number of carbonyl (C=O) groups is 2. The van der Waals surface area contributed by atoms with Crippen LogP contribution >= 0.6 is 11.6 Å². The third kappa shape index (κ3) is 3.60. The van der Waals surface area contributed by atoms with Gasteiger partial charge in [-0.25, -0.2) is 0 Å². The van der Waals surface area contributed by atoms with Crippen LogP contribution < -0.4 is 0 Å². The Hall–Kier alpha value is -2.34. The summed E-state index contributed by atoms with van der Waals surface area (Å²) in [5.74, 6) is 0.553. The Labute approximate surface area is 157 Å².